The highest BCUT2D eigenvalue weighted by Gasteiger charge is 2.76. The Kier molecular flexibility index (Phi) is 2.52. The van der Waals surface area contributed by atoms with Crippen molar-refractivity contribution in [3.8, 4) is 0 Å². The van der Waals surface area contributed by atoms with Gasteiger partial charge in [0.25, 0.3) is 0 Å². The number of rotatable bonds is 0. The van der Waals surface area contributed by atoms with E-state index in [9.17, 15) is 9.90 Å². The van der Waals surface area contributed by atoms with Gasteiger partial charge in [-0.15, -0.1) is 0 Å². The summed E-state index contributed by atoms with van der Waals surface area (Å²) < 4.78 is 6.30. The van der Waals surface area contributed by atoms with Gasteiger partial charge < -0.3 is 9.84 Å². The van der Waals surface area contributed by atoms with E-state index in [2.05, 4.69) is 13.8 Å². The number of epoxide rings is 1. The van der Waals surface area contributed by atoms with Gasteiger partial charge in [-0.05, 0) is 56.3 Å². The van der Waals surface area contributed by atoms with E-state index in [0.29, 0.717) is 29.6 Å². The molecule has 0 aromatic rings. The first kappa shape index (κ1) is 14.0. The maximum atomic E-state index is 12.4. The Bertz CT molecular complexity index is 545. The second-order valence-electron chi connectivity index (χ2n) is 9.34. The fourth-order valence-electron chi connectivity index (χ4n) is 7.43. The molecule has 1 aliphatic heterocycles. The highest BCUT2D eigenvalue weighted by atomic mass is 16.6. The summed E-state index contributed by atoms with van der Waals surface area (Å²) in [5.74, 6) is 2.48. The van der Waals surface area contributed by atoms with Crippen LogP contribution in [0.1, 0.15) is 65.2 Å². The molecule has 3 heteroatoms. The number of aliphatic hydroxyl groups is 1. The number of hydrogen-bond acceptors (Lipinski definition) is 3. The average Bonchev–Trinajstić information content (AvgIpc) is 3.08. The number of carbonyl (C=O) groups is 1. The van der Waals surface area contributed by atoms with Gasteiger partial charge in [-0.25, -0.2) is 0 Å². The molecule has 1 saturated heterocycles. The Morgan fingerprint density at radius 3 is 2.77 bits per heavy atom. The largest absolute Gasteiger partial charge is 0.393 e. The average molecular weight is 304 g/mol. The third-order valence-electron chi connectivity index (χ3n) is 8.77. The standard InChI is InChI=1S/C19H28O3/c1-17-7-6-14-12(13(17)3-4-15(17)21)9-16-19(22-16)10-11(20)5-8-18(14,19)2/h11-14,16,20H,3-10H2,1-2H3/t11-,12-,13-,14-,16+,17-,18+,19+/m0/s1. The molecule has 3 nitrogen and oxygen atoms in total. The van der Waals surface area contributed by atoms with Gasteiger partial charge in [0, 0.05) is 23.7 Å². The van der Waals surface area contributed by atoms with Crippen LogP contribution in [0.15, 0.2) is 0 Å². The van der Waals surface area contributed by atoms with E-state index in [4.69, 9.17) is 4.74 Å². The predicted octanol–water partition coefficient (Wildman–Crippen LogP) is 3.09. The van der Waals surface area contributed by atoms with Crippen LogP contribution in [0.25, 0.3) is 0 Å². The zero-order valence-corrected chi connectivity index (χ0v) is 13.8. The summed E-state index contributed by atoms with van der Waals surface area (Å²) in [6.45, 7) is 4.68. The zero-order chi connectivity index (χ0) is 15.3. The van der Waals surface area contributed by atoms with Gasteiger partial charge in [-0.1, -0.05) is 13.8 Å². The third kappa shape index (κ3) is 1.40. The molecule has 4 aliphatic carbocycles. The molecule has 1 N–H and O–H groups in total. The van der Waals surface area contributed by atoms with Gasteiger partial charge in [0.1, 0.15) is 11.4 Å². The number of aliphatic hydroxyl groups excluding tert-OH is 1. The molecule has 122 valence electrons. The lowest BCUT2D eigenvalue weighted by Gasteiger charge is -2.58. The molecule has 1 heterocycles. The monoisotopic (exact) mass is 304 g/mol. The summed E-state index contributed by atoms with van der Waals surface area (Å²) in [5.41, 5.74) is 0.162. The molecule has 8 atom stereocenters. The van der Waals surface area contributed by atoms with E-state index in [0.717, 1.165) is 44.9 Å². The molecule has 0 aromatic carbocycles. The van der Waals surface area contributed by atoms with Crippen molar-refractivity contribution in [2.24, 2.45) is 28.6 Å². The molecule has 4 saturated carbocycles. The van der Waals surface area contributed by atoms with Gasteiger partial charge in [-0.2, -0.15) is 0 Å². The van der Waals surface area contributed by atoms with Crippen molar-refractivity contribution < 1.29 is 14.6 Å². The second-order valence-corrected chi connectivity index (χ2v) is 9.34. The van der Waals surface area contributed by atoms with Crippen molar-refractivity contribution in [3.63, 3.8) is 0 Å². The quantitative estimate of drug-likeness (QED) is 0.700. The number of fused-ring (bicyclic) bond motifs is 4. The Morgan fingerprint density at radius 1 is 1.14 bits per heavy atom. The maximum Gasteiger partial charge on any atom is 0.139 e. The van der Waals surface area contributed by atoms with Crippen molar-refractivity contribution in [2.45, 2.75) is 83.0 Å². The number of carbonyl (C=O) groups excluding carboxylic acids is 1. The Labute approximate surface area is 132 Å². The van der Waals surface area contributed by atoms with Crippen LogP contribution in [-0.2, 0) is 9.53 Å². The predicted molar refractivity (Wildman–Crippen MR) is 82.2 cm³/mol. The number of Topliss-reactive ketones (excluding diaryl/α,β-unsaturated/α-hetero) is 1. The summed E-state index contributed by atoms with van der Waals surface area (Å²) in [7, 11) is 0. The maximum absolute atomic E-state index is 12.4. The van der Waals surface area contributed by atoms with E-state index in [-0.39, 0.29) is 22.5 Å². The molecule has 5 fully saturated rings. The van der Waals surface area contributed by atoms with Crippen LogP contribution < -0.4 is 0 Å². The van der Waals surface area contributed by atoms with Crippen LogP contribution in [0, 0.1) is 28.6 Å². The fraction of sp³-hybridized carbons (Fsp3) is 0.947. The van der Waals surface area contributed by atoms with Crippen LogP contribution in [-0.4, -0.2) is 28.7 Å². The van der Waals surface area contributed by atoms with Gasteiger partial charge in [-0.3, -0.25) is 4.79 Å². The van der Waals surface area contributed by atoms with E-state index in [1.165, 1.54) is 6.42 Å². The molecular weight excluding hydrogens is 276 g/mol. The normalized spacial score (nSPS) is 62.7. The van der Waals surface area contributed by atoms with Crippen molar-refractivity contribution in [3.05, 3.63) is 0 Å². The first-order chi connectivity index (χ1) is 10.4. The zero-order valence-electron chi connectivity index (χ0n) is 13.8. The lowest BCUT2D eigenvalue weighted by Crippen LogP contribution is -2.58. The lowest BCUT2D eigenvalue weighted by atomic mass is 9.45. The summed E-state index contributed by atoms with van der Waals surface area (Å²) in [6, 6.07) is 0. The smallest absolute Gasteiger partial charge is 0.139 e. The summed E-state index contributed by atoms with van der Waals surface area (Å²) in [4.78, 5) is 12.4. The van der Waals surface area contributed by atoms with Gasteiger partial charge in [0.2, 0.25) is 0 Å². The Hall–Kier alpha value is -0.410. The SMILES string of the molecule is C[C@]12CC[C@H]3[C@@H](C[C@H]4O[C@]45C[C@@H](O)CC[C@]35C)[C@@H]1CCC2=O. The molecule has 5 rings (SSSR count). The Morgan fingerprint density at radius 2 is 1.95 bits per heavy atom. The van der Waals surface area contributed by atoms with Crippen molar-refractivity contribution >= 4 is 5.78 Å². The van der Waals surface area contributed by atoms with E-state index in [1.807, 2.05) is 0 Å². The van der Waals surface area contributed by atoms with Crippen LogP contribution >= 0.6 is 0 Å². The molecule has 0 unspecified atom stereocenters. The van der Waals surface area contributed by atoms with Crippen LogP contribution in [0.2, 0.25) is 0 Å². The highest BCUT2D eigenvalue weighted by molar-refractivity contribution is 5.87. The molecule has 5 aliphatic rings. The summed E-state index contributed by atoms with van der Waals surface area (Å²) in [5, 5.41) is 10.2. The fourth-order valence-corrected chi connectivity index (χ4v) is 7.43. The van der Waals surface area contributed by atoms with Gasteiger partial charge in [0.15, 0.2) is 0 Å². The van der Waals surface area contributed by atoms with Crippen molar-refractivity contribution in [2.75, 3.05) is 0 Å². The minimum Gasteiger partial charge on any atom is -0.393 e. The number of hydrogen-bond donors (Lipinski definition) is 1. The van der Waals surface area contributed by atoms with Crippen molar-refractivity contribution in [1.29, 1.82) is 0 Å². The summed E-state index contributed by atoms with van der Waals surface area (Å²) >= 11 is 0. The second kappa shape index (κ2) is 3.97. The topological polar surface area (TPSA) is 49.8 Å². The van der Waals surface area contributed by atoms with Crippen LogP contribution in [0.4, 0.5) is 0 Å². The van der Waals surface area contributed by atoms with Crippen LogP contribution in [0.5, 0.6) is 0 Å². The van der Waals surface area contributed by atoms with Gasteiger partial charge in [0.05, 0.1) is 12.2 Å². The first-order valence-corrected chi connectivity index (χ1v) is 9.30. The first-order valence-electron chi connectivity index (χ1n) is 9.30. The molecule has 0 bridgehead atoms. The molecular formula is C19H28O3. The molecule has 0 amide bonds. The van der Waals surface area contributed by atoms with Gasteiger partial charge >= 0.3 is 0 Å². The highest BCUT2D eigenvalue weighted by Crippen LogP contribution is 2.72. The van der Waals surface area contributed by atoms with E-state index < -0.39 is 0 Å². The van der Waals surface area contributed by atoms with Crippen molar-refractivity contribution in [1.82, 2.24) is 0 Å². The number of ether oxygens (including phenoxy) is 1. The lowest BCUT2D eigenvalue weighted by molar-refractivity contribution is -0.138. The minimum absolute atomic E-state index is 0.0256. The molecule has 1 spiro atoms. The van der Waals surface area contributed by atoms with E-state index >= 15 is 0 Å². The molecule has 0 aromatic heterocycles. The molecule has 0 radical (unpaired) electrons. The van der Waals surface area contributed by atoms with E-state index in [1.54, 1.807) is 0 Å². The summed E-state index contributed by atoms with van der Waals surface area (Å²) in [6.07, 6.45) is 8.37. The minimum atomic E-state index is -0.170. The van der Waals surface area contributed by atoms with Crippen LogP contribution in [0.3, 0.4) is 0 Å². The third-order valence-corrected chi connectivity index (χ3v) is 8.77. The number of ketones is 1. The Balaban J connectivity index is 1.53. The molecule has 22 heavy (non-hydrogen) atoms.